The van der Waals surface area contributed by atoms with Gasteiger partial charge in [0, 0.05) is 4.88 Å². The number of hydrogen-bond donors (Lipinski definition) is 1. The van der Waals surface area contributed by atoms with Crippen LogP contribution in [0.5, 0.6) is 0 Å². The molecule has 1 N–H and O–H groups in total. The average Bonchev–Trinajstić information content (AvgIpc) is 2.58. The van der Waals surface area contributed by atoms with Gasteiger partial charge in [0.1, 0.15) is 5.01 Å². The van der Waals surface area contributed by atoms with E-state index in [1.165, 1.54) is 41.3 Å². The van der Waals surface area contributed by atoms with E-state index in [0.29, 0.717) is 5.41 Å². The smallest absolute Gasteiger partial charge is 0.113 e. The van der Waals surface area contributed by atoms with Crippen LogP contribution in [-0.2, 0) is 5.54 Å². The first kappa shape index (κ1) is 13.0. The van der Waals surface area contributed by atoms with Crippen molar-refractivity contribution in [3.63, 3.8) is 0 Å². The fourth-order valence-electron chi connectivity index (χ4n) is 3.04. The van der Waals surface area contributed by atoms with E-state index >= 15 is 0 Å². The first-order valence-electron chi connectivity index (χ1n) is 6.52. The summed E-state index contributed by atoms with van der Waals surface area (Å²) in [6.45, 7) is 9.05. The molecular formula is C14H24N2S. The average molecular weight is 252 g/mol. The maximum atomic E-state index is 4.80. The van der Waals surface area contributed by atoms with Gasteiger partial charge in [0.25, 0.3) is 0 Å². The summed E-state index contributed by atoms with van der Waals surface area (Å²) in [6.07, 6.45) is 5.05. The van der Waals surface area contributed by atoms with Crippen molar-refractivity contribution in [1.82, 2.24) is 10.3 Å². The molecule has 0 aromatic carbocycles. The fourth-order valence-corrected chi connectivity index (χ4v) is 4.18. The molecule has 1 aliphatic rings. The van der Waals surface area contributed by atoms with Gasteiger partial charge in [-0.3, -0.25) is 0 Å². The lowest BCUT2D eigenvalue weighted by molar-refractivity contribution is 0.125. The molecule has 0 spiro atoms. The predicted molar refractivity (Wildman–Crippen MR) is 74.6 cm³/mol. The normalized spacial score (nSPS) is 28.3. The maximum Gasteiger partial charge on any atom is 0.113 e. The van der Waals surface area contributed by atoms with E-state index in [4.69, 9.17) is 4.98 Å². The van der Waals surface area contributed by atoms with Crippen molar-refractivity contribution in [2.24, 2.45) is 5.41 Å². The van der Waals surface area contributed by atoms with Crippen molar-refractivity contribution >= 4 is 11.3 Å². The standard InChI is InChI=1S/C14H24N2S/c1-10-11(2)17-12(16-10)14(15-5)8-6-7-13(3,4)9-14/h15H,6-9H2,1-5H3. The van der Waals surface area contributed by atoms with Crippen LogP contribution in [0.1, 0.15) is 55.1 Å². The predicted octanol–water partition coefficient (Wildman–Crippen LogP) is 3.77. The first-order valence-corrected chi connectivity index (χ1v) is 7.34. The molecule has 96 valence electrons. The monoisotopic (exact) mass is 252 g/mol. The highest BCUT2D eigenvalue weighted by Gasteiger charge is 2.42. The lowest BCUT2D eigenvalue weighted by Crippen LogP contribution is -2.46. The molecule has 17 heavy (non-hydrogen) atoms. The minimum absolute atomic E-state index is 0.117. The Labute approximate surface area is 109 Å². The van der Waals surface area contributed by atoms with E-state index in [0.717, 1.165) is 0 Å². The lowest BCUT2D eigenvalue weighted by Gasteiger charge is -2.43. The number of aryl methyl sites for hydroxylation is 2. The molecule has 1 aromatic heterocycles. The summed E-state index contributed by atoms with van der Waals surface area (Å²) in [6, 6.07) is 0. The Morgan fingerprint density at radius 3 is 2.41 bits per heavy atom. The Bertz CT molecular complexity index is 389. The Hall–Kier alpha value is -0.410. The third kappa shape index (κ3) is 2.41. The van der Waals surface area contributed by atoms with E-state index in [2.05, 4.69) is 40.1 Å². The molecule has 1 aliphatic carbocycles. The minimum atomic E-state index is 0.117. The Morgan fingerprint density at radius 1 is 1.24 bits per heavy atom. The van der Waals surface area contributed by atoms with Crippen LogP contribution in [0.4, 0.5) is 0 Å². The maximum absolute atomic E-state index is 4.80. The van der Waals surface area contributed by atoms with Gasteiger partial charge in [0.05, 0.1) is 11.2 Å². The summed E-state index contributed by atoms with van der Waals surface area (Å²) in [5.74, 6) is 0. The van der Waals surface area contributed by atoms with E-state index in [9.17, 15) is 0 Å². The van der Waals surface area contributed by atoms with Gasteiger partial charge in [-0.15, -0.1) is 11.3 Å². The SMILES string of the molecule is CNC1(c2nc(C)c(C)s2)CCCC(C)(C)C1. The molecule has 0 saturated heterocycles. The molecule has 1 saturated carbocycles. The van der Waals surface area contributed by atoms with Gasteiger partial charge in [-0.25, -0.2) is 4.98 Å². The highest BCUT2D eigenvalue weighted by Crippen LogP contribution is 2.47. The van der Waals surface area contributed by atoms with Crippen LogP contribution >= 0.6 is 11.3 Å². The zero-order chi connectivity index (χ0) is 12.7. The van der Waals surface area contributed by atoms with Crippen molar-refractivity contribution in [3.05, 3.63) is 15.6 Å². The zero-order valence-electron chi connectivity index (χ0n) is 11.7. The summed E-state index contributed by atoms with van der Waals surface area (Å²) >= 11 is 1.87. The van der Waals surface area contributed by atoms with E-state index < -0.39 is 0 Å². The number of thiazole rings is 1. The first-order chi connectivity index (χ1) is 7.88. The van der Waals surface area contributed by atoms with Gasteiger partial charge >= 0.3 is 0 Å². The molecule has 0 radical (unpaired) electrons. The van der Waals surface area contributed by atoms with Crippen LogP contribution in [0.25, 0.3) is 0 Å². The Kier molecular flexibility index (Phi) is 3.34. The van der Waals surface area contributed by atoms with E-state index in [1.54, 1.807) is 0 Å². The molecule has 0 amide bonds. The highest BCUT2D eigenvalue weighted by atomic mass is 32.1. The number of hydrogen-bond acceptors (Lipinski definition) is 3. The van der Waals surface area contributed by atoms with Crippen molar-refractivity contribution in [3.8, 4) is 0 Å². The Balaban J connectivity index is 2.37. The van der Waals surface area contributed by atoms with Crippen molar-refractivity contribution in [2.45, 2.75) is 58.9 Å². The van der Waals surface area contributed by atoms with Gasteiger partial charge in [-0.05, 0) is 45.6 Å². The summed E-state index contributed by atoms with van der Waals surface area (Å²) < 4.78 is 0. The van der Waals surface area contributed by atoms with Crippen LogP contribution in [0.15, 0.2) is 0 Å². The lowest BCUT2D eigenvalue weighted by atomic mass is 9.68. The molecular weight excluding hydrogens is 228 g/mol. The van der Waals surface area contributed by atoms with Gasteiger partial charge in [-0.2, -0.15) is 0 Å². The molecule has 2 nitrogen and oxygen atoms in total. The summed E-state index contributed by atoms with van der Waals surface area (Å²) in [5, 5.41) is 4.87. The second-order valence-corrected chi connectivity index (χ2v) is 7.39. The van der Waals surface area contributed by atoms with Crippen LogP contribution < -0.4 is 5.32 Å². The number of nitrogens with zero attached hydrogens (tertiary/aromatic N) is 1. The van der Waals surface area contributed by atoms with E-state index in [1.807, 2.05) is 11.3 Å². The van der Waals surface area contributed by atoms with Crippen molar-refractivity contribution < 1.29 is 0 Å². The molecule has 1 atom stereocenters. The number of rotatable bonds is 2. The van der Waals surface area contributed by atoms with Gasteiger partial charge < -0.3 is 5.32 Å². The summed E-state index contributed by atoms with van der Waals surface area (Å²) in [4.78, 5) is 6.16. The quantitative estimate of drug-likeness (QED) is 0.866. The molecule has 0 bridgehead atoms. The summed E-state index contributed by atoms with van der Waals surface area (Å²) in [5.41, 5.74) is 1.74. The van der Waals surface area contributed by atoms with Crippen LogP contribution in [0.3, 0.4) is 0 Å². The van der Waals surface area contributed by atoms with Crippen molar-refractivity contribution in [1.29, 1.82) is 0 Å². The topological polar surface area (TPSA) is 24.9 Å². The molecule has 2 rings (SSSR count). The molecule has 3 heteroatoms. The third-order valence-corrected chi connectivity index (χ3v) is 5.43. The zero-order valence-corrected chi connectivity index (χ0v) is 12.5. The Morgan fingerprint density at radius 2 is 1.94 bits per heavy atom. The third-order valence-electron chi connectivity index (χ3n) is 4.15. The molecule has 1 aromatic rings. The van der Waals surface area contributed by atoms with E-state index in [-0.39, 0.29) is 5.54 Å². The van der Waals surface area contributed by atoms with Crippen LogP contribution in [0.2, 0.25) is 0 Å². The van der Waals surface area contributed by atoms with Crippen LogP contribution in [0, 0.1) is 19.3 Å². The molecule has 1 heterocycles. The summed E-state index contributed by atoms with van der Waals surface area (Å²) in [7, 11) is 2.09. The van der Waals surface area contributed by atoms with Gasteiger partial charge in [0.2, 0.25) is 0 Å². The molecule has 1 unspecified atom stereocenters. The molecule has 0 aliphatic heterocycles. The number of aromatic nitrogens is 1. The minimum Gasteiger partial charge on any atom is -0.308 e. The van der Waals surface area contributed by atoms with Crippen LogP contribution in [-0.4, -0.2) is 12.0 Å². The molecule has 1 fully saturated rings. The van der Waals surface area contributed by atoms with Crippen molar-refractivity contribution in [2.75, 3.05) is 7.05 Å². The largest absolute Gasteiger partial charge is 0.308 e. The van der Waals surface area contributed by atoms with Gasteiger partial charge in [0.15, 0.2) is 0 Å². The number of nitrogens with one attached hydrogen (secondary N) is 1. The second-order valence-electron chi connectivity index (χ2n) is 6.19. The highest BCUT2D eigenvalue weighted by molar-refractivity contribution is 7.11. The second kappa shape index (κ2) is 4.36. The fraction of sp³-hybridized carbons (Fsp3) is 0.786. The van der Waals surface area contributed by atoms with Gasteiger partial charge in [-0.1, -0.05) is 20.3 Å².